The SMILES string of the molecule is NCc1cnc2ccccc2c1Oc1ccc(F)cc1Cl. The second-order valence-electron chi connectivity index (χ2n) is 4.51. The Labute approximate surface area is 126 Å². The lowest BCUT2D eigenvalue weighted by Gasteiger charge is -2.13. The number of para-hydroxylation sites is 1. The molecule has 0 fully saturated rings. The quantitative estimate of drug-likeness (QED) is 0.785. The monoisotopic (exact) mass is 302 g/mol. The maximum atomic E-state index is 13.1. The molecule has 0 radical (unpaired) electrons. The highest BCUT2D eigenvalue weighted by molar-refractivity contribution is 6.32. The van der Waals surface area contributed by atoms with E-state index >= 15 is 0 Å². The number of hydrogen-bond donors (Lipinski definition) is 1. The predicted octanol–water partition coefficient (Wildman–Crippen LogP) is 4.28. The molecule has 21 heavy (non-hydrogen) atoms. The zero-order chi connectivity index (χ0) is 14.8. The largest absolute Gasteiger partial charge is 0.455 e. The third-order valence-electron chi connectivity index (χ3n) is 3.13. The van der Waals surface area contributed by atoms with Crippen molar-refractivity contribution in [1.29, 1.82) is 0 Å². The minimum Gasteiger partial charge on any atom is -0.455 e. The fraction of sp³-hybridized carbons (Fsp3) is 0.0625. The lowest BCUT2D eigenvalue weighted by molar-refractivity contribution is 0.480. The Morgan fingerprint density at radius 2 is 2.00 bits per heavy atom. The van der Waals surface area contributed by atoms with Crippen LogP contribution in [0.2, 0.25) is 5.02 Å². The molecule has 0 bridgehead atoms. The van der Waals surface area contributed by atoms with Crippen LogP contribution in [0.1, 0.15) is 5.56 Å². The molecular formula is C16H12ClFN2O. The summed E-state index contributed by atoms with van der Waals surface area (Å²) in [5.74, 6) is 0.562. The lowest BCUT2D eigenvalue weighted by Crippen LogP contribution is -2.01. The van der Waals surface area contributed by atoms with Gasteiger partial charge in [-0.25, -0.2) is 4.39 Å². The molecule has 0 amide bonds. The normalized spacial score (nSPS) is 10.8. The van der Waals surface area contributed by atoms with Gasteiger partial charge < -0.3 is 10.5 Å². The molecule has 1 heterocycles. The van der Waals surface area contributed by atoms with E-state index in [1.807, 2.05) is 24.3 Å². The lowest BCUT2D eigenvalue weighted by atomic mass is 10.1. The van der Waals surface area contributed by atoms with Gasteiger partial charge >= 0.3 is 0 Å². The van der Waals surface area contributed by atoms with Crippen molar-refractivity contribution in [2.75, 3.05) is 0 Å². The number of benzene rings is 2. The Morgan fingerprint density at radius 1 is 1.19 bits per heavy atom. The Bertz CT molecular complexity index is 807. The number of rotatable bonds is 3. The number of aromatic nitrogens is 1. The number of fused-ring (bicyclic) bond motifs is 1. The molecule has 3 aromatic rings. The molecule has 0 saturated heterocycles. The van der Waals surface area contributed by atoms with Gasteiger partial charge in [-0.1, -0.05) is 23.7 Å². The molecular weight excluding hydrogens is 291 g/mol. The van der Waals surface area contributed by atoms with Crippen LogP contribution in [0.25, 0.3) is 10.9 Å². The highest BCUT2D eigenvalue weighted by Crippen LogP contribution is 2.35. The minimum absolute atomic E-state index is 0.207. The second-order valence-corrected chi connectivity index (χ2v) is 4.92. The molecule has 0 unspecified atom stereocenters. The van der Waals surface area contributed by atoms with Gasteiger partial charge in [0.15, 0.2) is 0 Å². The predicted molar refractivity (Wildman–Crippen MR) is 81.1 cm³/mol. The number of nitrogens with two attached hydrogens (primary N) is 1. The smallest absolute Gasteiger partial charge is 0.146 e. The summed E-state index contributed by atoms with van der Waals surface area (Å²) in [4.78, 5) is 4.34. The molecule has 0 saturated carbocycles. The summed E-state index contributed by atoms with van der Waals surface area (Å²) in [6.45, 7) is 0.284. The molecule has 1 aromatic heterocycles. The van der Waals surface area contributed by atoms with E-state index in [1.54, 1.807) is 6.20 Å². The van der Waals surface area contributed by atoms with Gasteiger partial charge in [-0.15, -0.1) is 0 Å². The summed E-state index contributed by atoms with van der Waals surface area (Å²) in [6, 6.07) is 11.6. The Kier molecular flexibility index (Phi) is 3.73. The number of nitrogens with zero attached hydrogens (tertiary/aromatic N) is 1. The van der Waals surface area contributed by atoms with Crippen LogP contribution in [-0.2, 0) is 6.54 Å². The van der Waals surface area contributed by atoms with Crippen molar-refractivity contribution < 1.29 is 9.13 Å². The second kappa shape index (κ2) is 5.68. The summed E-state index contributed by atoms with van der Waals surface area (Å²) in [5.41, 5.74) is 7.30. The van der Waals surface area contributed by atoms with E-state index in [1.165, 1.54) is 18.2 Å². The Hall–Kier alpha value is -2.17. The van der Waals surface area contributed by atoms with Gasteiger partial charge in [0.2, 0.25) is 0 Å². The van der Waals surface area contributed by atoms with Crippen LogP contribution in [-0.4, -0.2) is 4.98 Å². The van der Waals surface area contributed by atoms with Crippen LogP contribution in [0.4, 0.5) is 4.39 Å². The average molecular weight is 303 g/mol. The summed E-state index contributed by atoms with van der Waals surface area (Å²) in [6.07, 6.45) is 1.68. The van der Waals surface area contributed by atoms with Crippen molar-refractivity contribution >= 4 is 22.5 Å². The van der Waals surface area contributed by atoms with E-state index in [9.17, 15) is 4.39 Å². The highest BCUT2D eigenvalue weighted by atomic mass is 35.5. The van der Waals surface area contributed by atoms with Gasteiger partial charge in [0, 0.05) is 23.7 Å². The van der Waals surface area contributed by atoms with Crippen LogP contribution in [0.15, 0.2) is 48.7 Å². The molecule has 3 rings (SSSR count). The molecule has 0 aliphatic carbocycles. The van der Waals surface area contributed by atoms with E-state index in [4.69, 9.17) is 22.1 Å². The van der Waals surface area contributed by atoms with E-state index < -0.39 is 5.82 Å². The fourth-order valence-corrected chi connectivity index (χ4v) is 2.30. The Balaban J connectivity index is 2.14. The van der Waals surface area contributed by atoms with E-state index in [0.717, 1.165) is 16.5 Å². The molecule has 3 nitrogen and oxygen atoms in total. The molecule has 2 N–H and O–H groups in total. The van der Waals surface area contributed by atoms with Crippen molar-refractivity contribution in [2.24, 2.45) is 5.73 Å². The van der Waals surface area contributed by atoms with E-state index in [-0.39, 0.29) is 11.6 Å². The van der Waals surface area contributed by atoms with Gasteiger partial charge in [-0.3, -0.25) is 4.98 Å². The third-order valence-corrected chi connectivity index (χ3v) is 3.42. The zero-order valence-corrected chi connectivity index (χ0v) is 11.8. The van der Waals surface area contributed by atoms with Crippen LogP contribution in [0, 0.1) is 5.82 Å². The van der Waals surface area contributed by atoms with Crippen LogP contribution in [0.3, 0.4) is 0 Å². The Morgan fingerprint density at radius 3 is 2.76 bits per heavy atom. The maximum Gasteiger partial charge on any atom is 0.146 e. The number of pyridine rings is 1. The van der Waals surface area contributed by atoms with Gasteiger partial charge in [-0.2, -0.15) is 0 Å². The minimum atomic E-state index is -0.411. The van der Waals surface area contributed by atoms with Crippen molar-refractivity contribution in [1.82, 2.24) is 4.98 Å². The first-order valence-corrected chi connectivity index (χ1v) is 6.76. The van der Waals surface area contributed by atoms with E-state index in [2.05, 4.69) is 4.98 Å². The number of halogens is 2. The first kappa shape index (κ1) is 13.8. The first-order valence-electron chi connectivity index (χ1n) is 6.38. The fourth-order valence-electron chi connectivity index (χ4n) is 2.09. The molecule has 2 aromatic carbocycles. The zero-order valence-electron chi connectivity index (χ0n) is 11.0. The number of hydrogen-bond acceptors (Lipinski definition) is 3. The molecule has 5 heteroatoms. The molecule has 106 valence electrons. The summed E-state index contributed by atoms with van der Waals surface area (Å²) >= 11 is 6.01. The third kappa shape index (κ3) is 2.68. The molecule has 0 aliphatic heterocycles. The van der Waals surface area contributed by atoms with Gasteiger partial charge in [0.1, 0.15) is 17.3 Å². The summed E-state index contributed by atoms with van der Waals surface area (Å²) < 4.78 is 19.0. The highest BCUT2D eigenvalue weighted by Gasteiger charge is 2.12. The number of ether oxygens (including phenoxy) is 1. The standard InChI is InChI=1S/C16H12ClFN2O/c17-13-7-11(18)5-6-15(13)21-16-10(8-19)9-20-14-4-2-1-3-12(14)16/h1-7,9H,8,19H2. The van der Waals surface area contributed by atoms with Gasteiger partial charge in [0.05, 0.1) is 10.5 Å². The van der Waals surface area contributed by atoms with Crippen molar-refractivity contribution in [3.8, 4) is 11.5 Å². The van der Waals surface area contributed by atoms with Crippen LogP contribution < -0.4 is 10.5 Å². The topological polar surface area (TPSA) is 48.1 Å². The summed E-state index contributed by atoms with van der Waals surface area (Å²) in [7, 11) is 0. The first-order chi connectivity index (χ1) is 10.2. The average Bonchev–Trinajstić information content (AvgIpc) is 2.50. The van der Waals surface area contributed by atoms with Gasteiger partial charge in [0.25, 0.3) is 0 Å². The van der Waals surface area contributed by atoms with Crippen molar-refractivity contribution in [3.63, 3.8) is 0 Å². The van der Waals surface area contributed by atoms with Crippen LogP contribution >= 0.6 is 11.6 Å². The molecule has 0 atom stereocenters. The van der Waals surface area contributed by atoms with Crippen LogP contribution in [0.5, 0.6) is 11.5 Å². The van der Waals surface area contributed by atoms with E-state index in [0.29, 0.717) is 11.5 Å². The molecule has 0 aliphatic rings. The van der Waals surface area contributed by atoms with Crippen molar-refractivity contribution in [2.45, 2.75) is 6.54 Å². The maximum absolute atomic E-state index is 13.1. The summed E-state index contributed by atoms with van der Waals surface area (Å²) in [5, 5.41) is 1.04. The van der Waals surface area contributed by atoms with Crippen molar-refractivity contribution in [3.05, 3.63) is 65.1 Å². The van der Waals surface area contributed by atoms with Gasteiger partial charge in [-0.05, 0) is 30.3 Å². The molecule has 0 spiro atoms.